The number of ether oxygens (including phenoxy) is 3. The van der Waals surface area contributed by atoms with Crippen molar-refractivity contribution in [2.75, 3.05) is 26.4 Å². The van der Waals surface area contributed by atoms with Crippen molar-refractivity contribution in [3.63, 3.8) is 0 Å². The Bertz CT molecular complexity index is 926. The van der Waals surface area contributed by atoms with E-state index >= 15 is 0 Å². The van der Waals surface area contributed by atoms with E-state index in [9.17, 15) is 23.2 Å². The quantitative estimate of drug-likeness (QED) is 0.272. The van der Waals surface area contributed by atoms with Gasteiger partial charge < -0.3 is 24.5 Å². The van der Waals surface area contributed by atoms with Gasteiger partial charge in [0.2, 0.25) is 0 Å². The molecule has 0 amide bonds. The van der Waals surface area contributed by atoms with Crippen LogP contribution in [0, 0.1) is 5.21 Å². The Kier molecular flexibility index (Phi) is 7.91. The van der Waals surface area contributed by atoms with Gasteiger partial charge in [0.25, 0.3) is 9.84 Å². The Labute approximate surface area is 165 Å². The highest BCUT2D eigenvalue weighted by atomic mass is 32.2. The molecule has 2 aromatic rings. The van der Waals surface area contributed by atoms with Crippen molar-refractivity contribution in [3.05, 3.63) is 35.5 Å². The molecule has 0 radical (unpaired) electrons. The van der Waals surface area contributed by atoms with Crippen LogP contribution in [0.1, 0.15) is 12.8 Å². The van der Waals surface area contributed by atoms with Crippen LogP contribution in [0.15, 0.2) is 44.9 Å². The average molecular weight is 430 g/mol. The number of carbonyl (C=O) groups is 2. The third-order valence-corrected chi connectivity index (χ3v) is 5.08. The molecule has 0 saturated carbocycles. The van der Waals surface area contributed by atoms with Gasteiger partial charge >= 0.3 is 22.8 Å². The summed E-state index contributed by atoms with van der Waals surface area (Å²) in [6.07, 6.45) is -0.558. The second-order valence-electron chi connectivity index (χ2n) is 5.43. The number of esters is 1. The fourth-order valence-electron chi connectivity index (χ4n) is 2.04. The maximum Gasteiger partial charge on any atom is 0.415 e. The monoisotopic (exact) mass is 430 g/mol. The average Bonchev–Trinajstić information content (AvgIpc) is 3.07. The van der Waals surface area contributed by atoms with Crippen LogP contribution in [-0.2, 0) is 28.9 Å². The minimum absolute atomic E-state index is 0.0116. The molecule has 158 valence electrons. The lowest BCUT2D eigenvalue weighted by Gasteiger charge is -2.06. The first kappa shape index (κ1) is 22.1. The summed E-state index contributed by atoms with van der Waals surface area (Å²) in [5, 5.41) is 22.7. The SMILES string of the molecule is O=C(O)CCC(=O)OCCOCCOc1no[n+]([O-])c1S(=O)(=O)c1ccccc1. The zero-order chi connectivity index (χ0) is 21.3. The molecule has 0 aliphatic carbocycles. The number of carbonyl (C=O) groups excluding carboxylic acids is 1. The molecule has 12 nitrogen and oxygen atoms in total. The summed E-state index contributed by atoms with van der Waals surface area (Å²) in [5.41, 5.74) is 0. The van der Waals surface area contributed by atoms with Crippen LogP contribution in [0.4, 0.5) is 0 Å². The number of hydrogen-bond acceptors (Lipinski definition) is 10. The lowest BCUT2D eigenvalue weighted by Crippen LogP contribution is -2.31. The third-order valence-electron chi connectivity index (χ3n) is 3.35. The molecule has 0 bridgehead atoms. The normalized spacial score (nSPS) is 11.2. The zero-order valence-corrected chi connectivity index (χ0v) is 15.9. The van der Waals surface area contributed by atoms with Crippen molar-refractivity contribution in [1.29, 1.82) is 0 Å². The Hall–Kier alpha value is -3.19. The summed E-state index contributed by atoms with van der Waals surface area (Å²) in [6, 6.07) is 7.24. The van der Waals surface area contributed by atoms with Gasteiger partial charge in [-0.25, -0.2) is 8.42 Å². The molecule has 0 fully saturated rings. The standard InChI is InChI=1S/C16H18N2O10S/c19-13(20)6-7-14(21)26-10-8-25-9-11-27-15-16(18(22)28-17-15)29(23,24)12-4-2-1-3-5-12/h1-5H,6-11H2,(H,19,20). The highest BCUT2D eigenvalue weighted by Crippen LogP contribution is 2.24. The van der Waals surface area contributed by atoms with Crippen LogP contribution in [0.25, 0.3) is 0 Å². The molecular formula is C16H18N2O10S. The maximum atomic E-state index is 12.6. The Morgan fingerprint density at radius 2 is 1.79 bits per heavy atom. The van der Waals surface area contributed by atoms with Crippen LogP contribution in [0.2, 0.25) is 0 Å². The zero-order valence-electron chi connectivity index (χ0n) is 15.1. The molecule has 0 atom stereocenters. The van der Waals surface area contributed by atoms with Gasteiger partial charge in [-0.1, -0.05) is 18.2 Å². The van der Waals surface area contributed by atoms with Gasteiger partial charge in [0.1, 0.15) is 13.2 Å². The van der Waals surface area contributed by atoms with Gasteiger partial charge in [-0.05, 0) is 17.0 Å². The number of nitrogens with zero attached hydrogens (tertiary/aromatic N) is 2. The number of sulfone groups is 1. The molecule has 0 aliphatic rings. The Morgan fingerprint density at radius 3 is 2.48 bits per heavy atom. The molecule has 29 heavy (non-hydrogen) atoms. The predicted octanol–water partition coefficient (Wildman–Crippen LogP) is -0.0558. The number of aliphatic carboxylic acids is 1. The van der Waals surface area contributed by atoms with E-state index in [1.807, 2.05) is 0 Å². The first-order chi connectivity index (χ1) is 13.8. The van der Waals surface area contributed by atoms with Crippen LogP contribution in [0.3, 0.4) is 0 Å². The van der Waals surface area contributed by atoms with E-state index in [4.69, 9.17) is 19.3 Å². The molecule has 2 rings (SSSR count). The minimum atomic E-state index is -4.20. The summed E-state index contributed by atoms with van der Waals surface area (Å²) in [7, 11) is -4.20. The number of rotatable bonds is 12. The molecule has 0 unspecified atom stereocenters. The molecule has 0 spiro atoms. The first-order valence-electron chi connectivity index (χ1n) is 8.30. The molecule has 1 aromatic carbocycles. The summed E-state index contributed by atoms with van der Waals surface area (Å²) in [4.78, 5) is 21.1. The van der Waals surface area contributed by atoms with Gasteiger partial charge in [-0.3, -0.25) is 14.2 Å². The lowest BCUT2D eigenvalue weighted by atomic mass is 10.3. The van der Waals surface area contributed by atoms with Gasteiger partial charge in [0.15, 0.2) is 0 Å². The van der Waals surface area contributed by atoms with Crippen LogP contribution < -0.4 is 9.64 Å². The van der Waals surface area contributed by atoms with E-state index in [0.29, 0.717) is 0 Å². The fourth-order valence-corrected chi connectivity index (χ4v) is 3.33. The second-order valence-corrected chi connectivity index (χ2v) is 7.30. The van der Waals surface area contributed by atoms with Crippen molar-refractivity contribution in [1.82, 2.24) is 5.16 Å². The predicted molar refractivity (Wildman–Crippen MR) is 91.5 cm³/mol. The van der Waals surface area contributed by atoms with Crippen molar-refractivity contribution < 1.29 is 46.9 Å². The maximum absolute atomic E-state index is 12.6. The van der Waals surface area contributed by atoms with E-state index in [1.165, 1.54) is 24.3 Å². The number of carboxylic acid groups (broad SMARTS) is 1. The topological polar surface area (TPSA) is 169 Å². The van der Waals surface area contributed by atoms with Crippen LogP contribution in [0.5, 0.6) is 5.88 Å². The molecular weight excluding hydrogens is 412 g/mol. The van der Waals surface area contributed by atoms with Gasteiger partial charge in [-0.2, -0.15) is 0 Å². The van der Waals surface area contributed by atoms with E-state index < -0.39 is 32.7 Å². The van der Waals surface area contributed by atoms with E-state index in [2.05, 4.69) is 9.79 Å². The highest BCUT2D eigenvalue weighted by Gasteiger charge is 2.35. The summed E-state index contributed by atoms with van der Waals surface area (Å²) in [6.45, 7) is -0.256. The van der Waals surface area contributed by atoms with E-state index in [1.54, 1.807) is 6.07 Å². The summed E-state index contributed by atoms with van der Waals surface area (Å²) >= 11 is 0. The third kappa shape index (κ3) is 6.43. The number of aromatic nitrogens is 2. The molecule has 13 heteroatoms. The molecule has 1 aromatic heterocycles. The molecule has 1 N–H and O–H groups in total. The number of carboxylic acids is 1. The Balaban J connectivity index is 1.79. The van der Waals surface area contributed by atoms with Crippen LogP contribution in [-0.4, -0.2) is 57.0 Å². The first-order valence-corrected chi connectivity index (χ1v) is 9.78. The van der Waals surface area contributed by atoms with Crippen molar-refractivity contribution >= 4 is 21.8 Å². The smallest absolute Gasteiger partial charge is 0.415 e. The molecule has 0 saturated heterocycles. The van der Waals surface area contributed by atoms with E-state index in [0.717, 1.165) is 0 Å². The summed E-state index contributed by atoms with van der Waals surface area (Å²) in [5.74, 6) is -2.27. The van der Waals surface area contributed by atoms with Crippen molar-refractivity contribution in [3.8, 4) is 5.88 Å². The molecule has 1 heterocycles. The Morgan fingerprint density at radius 1 is 1.10 bits per heavy atom. The lowest BCUT2D eigenvalue weighted by molar-refractivity contribution is -0.832. The number of benzene rings is 1. The molecule has 0 aliphatic heterocycles. The minimum Gasteiger partial charge on any atom is -0.481 e. The van der Waals surface area contributed by atoms with Gasteiger partial charge in [-0.15, -0.1) is 0 Å². The fraction of sp³-hybridized carbons (Fsp3) is 0.375. The largest absolute Gasteiger partial charge is 0.481 e. The highest BCUT2D eigenvalue weighted by molar-refractivity contribution is 7.91. The van der Waals surface area contributed by atoms with Gasteiger partial charge in [0.05, 0.1) is 36.1 Å². The number of hydrogen-bond donors (Lipinski definition) is 1. The van der Waals surface area contributed by atoms with Crippen molar-refractivity contribution in [2.45, 2.75) is 22.8 Å². The van der Waals surface area contributed by atoms with E-state index in [-0.39, 0.29) is 49.1 Å². The summed E-state index contributed by atoms with van der Waals surface area (Å²) < 4.78 is 44.5. The van der Waals surface area contributed by atoms with Gasteiger partial charge in [0, 0.05) is 0 Å². The second kappa shape index (κ2) is 10.4. The van der Waals surface area contributed by atoms with Crippen LogP contribution >= 0.6 is 0 Å². The van der Waals surface area contributed by atoms with Crippen molar-refractivity contribution in [2.24, 2.45) is 0 Å².